The molecule has 2 rings (SSSR count). The Hall–Kier alpha value is -0.320. The Bertz CT molecular complexity index is 692. The highest BCUT2D eigenvalue weighted by Crippen LogP contribution is 2.41. The van der Waals surface area contributed by atoms with Crippen LogP contribution < -0.4 is 4.72 Å². The molecule has 1 N–H and O–H groups in total. The van der Waals surface area contributed by atoms with Crippen LogP contribution in [-0.2, 0) is 11.0 Å². The third-order valence-electron chi connectivity index (χ3n) is 3.22. The van der Waals surface area contributed by atoms with E-state index in [0.717, 1.165) is 16.3 Å². The highest BCUT2D eigenvalue weighted by Gasteiger charge is 2.37. The molecule has 2 atom stereocenters. The SMILES string of the molecule is CC(C)(C)[S@@](=O)N[C@@H](c1ccc2ccccc2c1)C(Cl)(Cl)Cl. The van der Waals surface area contributed by atoms with Crippen molar-refractivity contribution in [2.45, 2.75) is 35.4 Å². The van der Waals surface area contributed by atoms with Gasteiger partial charge in [-0.25, -0.2) is 8.93 Å². The van der Waals surface area contributed by atoms with Crippen molar-refractivity contribution in [1.82, 2.24) is 4.72 Å². The second-order valence-corrected chi connectivity index (χ2v) is 10.4. The number of nitrogens with one attached hydrogen (secondary N) is 1. The molecule has 0 bridgehead atoms. The Kier molecular flexibility index (Phi) is 5.46. The molecule has 0 radical (unpaired) electrons. The van der Waals surface area contributed by atoms with Gasteiger partial charge in [-0.1, -0.05) is 71.2 Å². The van der Waals surface area contributed by atoms with Crippen LogP contribution in [0.1, 0.15) is 32.4 Å². The fourth-order valence-corrected chi connectivity index (χ4v) is 3.61. The molecule has 0 amide bonds. The van der Waals surface area contributed by atoms with Gasteiger partial charge >= 0.3 is 0 Å². The summed E-state index contributed by atoms with van der Waals surface area (Å²) in [4.78, 5) is 0. The summed E-state index contributed by atoms with van der Waals surface area (Å²) < 4.78 is 13.3. The summed E-state index contributed by atoms with van der Waals surface area (Å²) in [6.45, 7) is 5.60. The van der Waals surface area contributed by atoms with Gasteiger partial charge in [-0.15, -0.1) is 0 Å². The van der Waals surface area contributed by atoms with Crippen LogP contribution in [0.4, 0.5) is 0 Å². The molecule has 0 aromatic heterocycles. The van der Waals surface area contributed by atoms with Gasteiger partial charge in [0.05, 0.1) is 21.8 Å². The number of fused-ring (bicyclic) bond motifs is 1. The maximum absolute atomic E-state index is 12.4. The van der Waals surface area contributed by atoms with E-state index in [1.807, 2.05) is 63.2 Å². The van der Waals surface area contributed by atoms with Gasteiger partial charge in [-0.2, -0.15) is 0 Å². The van der Waals surface area contributed by atoms with Gasteiger partial charge in [0.15, 0.2) is 0 Å². The molecular formula is C16H18Cl3NOS. The van der Waals surface area contributed by atoms with Crippen LogP contribution in [0, 0.1) is 0 Å². The molecule has 22 heavy (non-hydrogen) atoms. The zero-order valence-electron chi connectivity index (χ0n) is 12.6. The molecule has 2 aromatic carbocycles. The first-order chi connectivity index (χ1) is 10.1. The summed E-state index contributed by atoms with van der Waals surface area (Å²) in [6, 6.07) is 13.1. The molecule has 0 aliphatic rings. The molecule has 0 aliphatic heterocycles. The Morgan fingerprint density at radius 3 is 2.14 bits per heavy atom. The number of halogens is 3. The van der Waals surface area contributed by atoms with Crippen LogP contribution in [0.5, 0.6) is 0 Å². The monoisotopic (exact) mass is 377 g/mol. The molecule has 6 heteroatoms. The van der Waals surface area contributed by atoms with E-state index in [1.54, 1.807) is 0 Å². The highest BCUT2D eigenvalue weighted by molar-refractivity contribution is 7.84. The number of hydrogen-bond donors (Lipinski definition) is 1. The van der Waals surface area contributed by atoms with E-state index in [9.17, 15) is 4.21 Å². The molecule has 2 aromatic rings. The predicted octanol–water partition coefficient (Wildman–Crippen LogP) is 5.30. The van der Waals surface area contributed by atoms with Crippen LogP contribution in [0.25, 0.3) is 10.8 Å². The van der Waals surface area contributed by atoms with E-state index in [4.69, 9.17) is 34.8 Å². The van der Waals surface area contributed by atoms with Crippen LogP contribution in [0.2, 0.25) is 0 Å². The van der Waals surface area contributed by atoms with E-state index >= 15 is 0 Å². The maximum atomic E-state index is 12.4. The second kappa shape index (κ2) is 6.66. The Morgan fingerprint density at radius 1 is 1.00 bits per heavy atom. The second-order valence-electron chi connectivity index (χ2n) is 6.08. The van der Waals surface area contributed by atoms with Crippen molar-refractivity contribution < 1.29 is 4.21 Å². The average molecular weight is 379 g/mol. The quantitative estimate of drug-likeness (QED) is 0.721. The van der Waals surface area contributed by atoms with Gasteiger partial charge in [0.25, 0.3) is 0 Å². The Morgan fingerprint density at radius 2 is 1.59 bits per heavy atom. The first-order valence-electron chi connectivity index (χ1n) is 6.82. The number of benzene rings is 2. The molecule has 0 aliphatic carbocycles. The first kappa shape index (κ1) is 18.0. The van der Waals surface area contributed by atoms with Crippen LogP contribution in [-0.4, -0.2) is 12.7 Å². The largest absolute Gasteiger partial charge is 0.242 e. The summed E-state index contributed by atoms with van der Waals surface area (Å²) in [7, 11) is -1.35. The third-order valence-corrected chi connectivity index (χ3v) is 5.43. The van der Waals surface area contributed by atoms with E-state index in [-0.39, 0.29) is 0 Å². The number of hydrogen-bond acceptors (Lipinski definition) is 1. The van der Waals surface area contributed by atoms with Crippen molar-refractivity contribution in [2.24, 2.45) is 0 Å². The zero-order valence-corrected chi connectivity index (χ0v) is 15.7. The van der Waals surface area contributed by atoms with Crippen molar-refractivity contribution in [3.63, 3.8) is 0 Å². The fraction of sp³-hybridized carbons (Fsp3) is 0.375. The summed E-state index contributed by atoms with van der Waals surface area (Å²) in [6.07, 6.45) is 0. The minimum absolute atomic E-state index is 0.453. The molecule has 0 heterocycles. The lowest BCUT2D eigenvalue weighted by Crippen LogP contribution is -2.40. The molecule has 0 saturated carbocycles. The van der Waals surface area contributed by atoms with Crippen molar-refractivity contribution >= 4 is 56.6 Å². The van der Waals surface area contributed by atoms with Crippen molar-refractivity contribution in [3.8, 4) is 0 Å². The maximum Gasteiger partial charge on any atom is 0.210 e. The molecule has 2 nitrogen and oxygen atoms in total. The van der Waals surface area contributed by atoms with Crippen molar-refractivity contribution in [1.29, 1.82) is 0 Å². The van der Waals surface area contributed by atoms with Crippen LogP contribution >= 0.6 is 34.8 Å². The van der Waals surface area contributed by atoms with Gasteiger partial charge in [-0.05, 0) is 43.2 Å². The fourth-order valence-electron chi connectivity index (χ4n) is 2.00. The van der Waals surface area contributed by atoms with E-state index in [0.29, 0.717) is 0 Å². The number of rotatable bonds is 3. The average Bonchev–Trinajstić information content (AvgIpc) is 2.41. The standard InChI is InChI=1S/C16H18Cl3NOS/c1-15(2,3)22(21)20-14(16(17,18)19)13-9-8-11-6-4-5-7-12(11)10-13/h4-10,14,20H,1-3H3/t14-,22+/m0/s1. The van der Waals surface area contributed by atoms with Gasteiger partial charge < -0.3 is 0 Å². The normalized spacial score (nSPS) is 15.7. The van der Waals surface area contributed by atoms with E-state index in [2.05, 4.69) is 4.72 Å². The molecule has 0 fully saturated rings. The lowest BCUT2D eigenvalue weighted by Gasteiger charge is -2.29. The van der Waals surface area contributed by atoms with Gasteiger partial charge in [0.1, 0.15) is 0 Å². The van der Waals surface area contributed by atoms with Crippen LogP contribution in [0.3, 0.4) is 0 Å². The molecule has 0 unspecified atom stereocenters. The molecule has 120 valence electrons. The highest BCUT2D eigenvalue weighted by atomic mass is 35.6. The van der Waals surface area contributed by atoms with Gasteiger partial charge in [0, 0.05) is 0 Å². The zero-order chi connectivity index (χ0) is 16.5. The Labute approximate surface area is 148 Å². The predicted molar refractivity (Wildman–Crippen MR) is 98.0 cm³/mol. The molecule has 0 spiro atoms. The minimum Gasteiger partial charge on any atom is -0.242 e. The van der Waals surface area contributed by atoms with Gasteiger partial charge in [0.2, 0.25) is 3.79 Å². The van der Waals surface area contributed by atoms with E-state index < -0.39 is 25.6 Å². The van der Waals surface area contributed by atoms with Crippen molar-refractivity contribution in [2.75, 3.05) is 0 Å². The molecular weight excluding hydrogens is 361 g/mol. The van der Waals surface area contributed by atoms with E-state index in [1.165, 1.54) is 0 Å². The summed E-state index contributed by atoms with van der Waals surface area (Å²) in [5.74, 6) is 0. The lowest BCUT2D eigenvalue weighted by molar-refractivity contribution is 0.603. The first-order valence-corrected chi connectivity index (χ1v) is 9.11. The topological polar surface area (TPSA) is 29.1 Å². The Balaban J connectivity index is 2.42. The summed E-state index contributed by atoms with van der Waals surface area (Å²) >= 11 is 18.3. The third kappa shape index (κ3) is 4.36. The number of alkyl halides is 3. The molecule has 0 saturated heterocycles. The minimum atomic E-state index is -1.61. The summed E-state index contributed by atoms with van der Waals surface area (Å²) in [5, 5.41) is 2.15. The smallest absolute Gasteiger partial charge is 0.210 e. The van der Waals surface area contributed by atoms with Crippen molar-refractivity contribution in [3.05, 3.63) is 48.0 Å². The lowest BCUT2D eigenvalue weighted by atomic mass is 10.0. The summed E-state index contributed by atoms with van der Waals surface area (Å²) in [5.41, 5.74) is 0.788. The van der Waals surface area contributed by atoms with Crippen LogP contribution in [0.15, 0.2) is 42.5 Å². The van der Waals surface area contributed by atoms with Gasteiger partial charge in [-0.3, -0.25) is 0 Å².